The van der Waals surface area contributed by atoms with Crippen LogP contribution >= 0.6 is 11.3 Å². The highest BCUT2D eigenvalue weighted by Crippen LogP contribution is 2.18. The van der Waals surface area contributed by atoms with Crippen molar-refractivity contribution in [3.63, 3.8) is 0 Å². The fraction of sp³-hybridized carbons (Fsp3) is 0.250. The number of anilines is 1. The normalized spacial score (nSPS) is 14.5. The molecule has 2 amide bonds. The van der Waals surface area contributed by atoms with Crippen LogP contribution in [-0.4, -0.2) is 61.9 Å². The topological polar surface area (TPSA) is 112 Å². The van der Waals surface area contributed by atoms with Crippen LogP contribution in [0.25, 0.3) is 5.65 Å². The molecule has 0 saturated carbocycles. The van der Waals surface area contributed by atoms with Crippen LogP contribution in [0.15, 0.2) is 60.5 Å². The second-order valence-electron chi connectivity index (χ2n) is 8.25. The molecule has 10 heteroatoms. The summed E-state index contributed by atoms with van der Waals surface area (Å²) in [5.41, 5.74) is 5.64. The molecular formula is C24H24N6O3S. The Morgan fingerprint density at radius 1 is 1.12 bits per heavy atom. The number of aliphatic hydroxyl groups excluding tert-OH is 1. The molecule has 0 spiro atoms. The van der Waals surface area contributed by atoms with Crippen LogP contribution in [0.3, 0.4) is 0 Å². The third-order valence-electron chi connectivity index (χ3n) is 5.77. The number of amides is 2. The average molecular weight is 477 g/mol. The van der Waals surface area contributed by atoms with Gasteiger partial charge < -0.3 is 20.1 Å². The van der Waals surface area contributed by atoms with Crippen molar-refractivity contribution in [2.75, 3.05) is 25.0 Å². The number of aliphatic hydroxyl groups is 1. The molecule has 9 nitrogen and oxygen atoms in total. The number of aromatic nitrogens is 3. The quantitative estimate of drug-likeness (QED) is 0.377. The number of fused-ring (bicyclic) bond motifs is 2. The highest BCUT2D eigenvalue weighted by atomic mass is 32.1. The molecule has 3 N–H and O–H groups in total. The van der Waals surface area contributed by atoms with Gasteiger partial charge in [-0.1, -0.05) is 24.3 Å². The minimum absolute atomic E-state index is 0.140. The molecule has 1 aliphatic rings. The van der Waals surface area contributed by atoms with Crippen molar-refractivity contribution in [3.05, 3.63) is 82.2 Å². The summed E-state index contributed by atoms with van der Waals surface area (Å²) in [5.74, 6) is -0.604. The van der Waals surface area contributed by atoms with Crippen molar-refractivity contribution >= 4 is 34.5 Å². The first-order valence-corrected chi connectivity index (χ1v) is 11.9. The number of thiazole rings is 1. The van der Waals surface area contributed by atoms with E-state index in [2.05, 4.69) is 43.7 Å². The molecule has 1 aliphatic heterocycles. The molecule has 3 aromatic heterocycles. The lowest BCUT2D eigenvalue weighted by Gasteiger charge is -2.30. The zero-order chi connectivity index (χ0) is 23.5. The Balaban J connectivity index is 1.15. The second-order valence-corrected chi connectivity index (χ2v) is 9.13. The van der Waals surface area contributed by atoms with Gasteiger partial charge in [0.25, 0.3) is 11.8 Å². The van der Waals surface area contributed by atoms with Gasteiger partial charge in [0.1, 0.15) is 16.2 Å². The number of hydrogen-bond donors (Lipinski definition) is 3. The molecule has 0 fully saturated rings. The number of nitrogens with zero attached hydrogens (tertiary/aromatic N) is 4. The van der Waals surface area contributed by atoms with E-state index in [1.54, 1.807) is 34.4 Å². The van der Waals surface area contributed by atoms with Gasteiger partial charge in [-0.3, -0.25) is 19.5 Å². The van der Waals surface area contributed by atoms with Gasteiger partial charge in [-0.2, -0.15) is 0 Å². The minimum Gasteiger partial charge on any atom is -0.390 e. The Morgan fingerprint density at radius 3 is 2.79 bits per heavy atom. The molecule has 0 radical (unpaired) electrons. The van der Waals surface area contributed by atoms with Crippen molar-refractivity contribution in [1.82, 2.24) is 24.6 Å². The van der Waals surface area contributed by atoms with Crippen LogP contribution < -0.4 is 10.6 Å². The Labute approximate surface area is 200 Å². The number of hydrogen-bond acceptors (Lipinski definition) is 7. The van der Waals surface area contributed by atoms with E-state index in [1.807, 2.05) is 6.07 Å². The number of imidazole rings is 1. The summed E-state index contributed by atoms with van der Waals surface area (Å²) in [7, 11) is 0. The van der Waals surface area contributed by atoms with Crippen molar-refractivity contribution in [2.45, 2.75) is 19.1 Å². The molecule has 4 heterocycles. The summed E-state index contributed by atoms with van der Waals surface area (Å²) in [4.78, 5) is 35.8. The maximum Gasteiger partial charge on any atom is 0.271 e. The smallest absolute Gasteiger partial charge is 0.271 e. The summed E-state index contributed by atoms with van der Waals surface area (Å²) in [6, 6.07) is 11.8. The van der Waals surface area contributed by atoms with Crippen molar-refractivity contribution < 1.29 is 14.7 Å². The van der Waals surface area contributed by atoms with E-state index in [9.17, 15) is 14.7 Å². The maximum atomic E-state index is 12.6. The summed E-state index contributed by atoms with van der Waals surface area (Å²) >= 11 is 1.26. The lowest BCUT2D eigenvalue weighted by atomic mass is 10.00. The zero-order valence-electron chi connectivity index (χ0n) is 18.3. The largest absolute Gasteiger partial charge is 0.390 e. The predicted octanol–water partition coefficient (Wildman–Crippen LogP) is 2.19. The highest BCUT2D eigenvalue weighted by Gasteiger charge is 2.19. The molecule has 0 bridgehead atoms. The monoisotopic (exact) mass is 476 g/mol. The van der Waals surface area contributed by atoms with Gasteiger partial charge in [0, 0.05) is 38.6 Å². The van der Waals surface area contributed by atoms with Gasteiger partial charge in [-0.05, 0) is 29.7 Å². The van der Waals surface area contributed by atoms with Crippen LogP contribution in [0.5, 0.6) is 0 Å². The third-order valence-corrected chi connectivity index (χ3v) is 6.55. The van der Waals surface area contributed by atoms with Gasteiger partial charge in [-0.25, -0.2) is 4.98 Å². The molecule has 34 heavy (non-hydrogen) atoms. The number of β-amino-alcohol motifs (C(OH)–C–C–N with tert-alkyl or cyclic N) is 1. The molecule has 1 unspecified atom stereocenters. The van der Waals surface area contributed by atoms with Crippen LogP contribution in [0.1, 0.15) is 31.3 Å². The maximum absolute atomic E-state index is 12.6. The number of benzene rings is 1. The number of pyridine rings is 1. The van der Waals surface area contributed by atoms with E-state index in [0.29, 0.717) is 22.8 Å². The molecule has 1 aromatic carbocycles. The number of nitrogens with one attached hydrogen (secondary N) is 2. The Kier molecular flexibility index (Phi) is 6.35. The summed E-state index contributed by atoms with van der Waals surface area (Å²) < 4.78 is 1.68. The van der Waals surface area contributed by atoms with Crippen LogP contribution in [0.4, 0.5) is 5.69 Å². The first-order chi connectivity index (χ1) is 16.5. The molecule has 4 aromatic rings. The Morgan fingerprint density at radius 2 is 1.97 bits per heavy atom. The minimum atomic E-state index is -0.681. The van der Waals surface area contributed by atoms with E-state index in [0.717, 1.165) is 19.5 Å². The highest BCUT2D eigenvalue weighted by molar-refractivity contribution is 7.11. The fourth-order valence-electron chi connectivity index (χ4n) is 4.07. The van der Waals surface area contributed by atoms with Crippen molar-refractivity contribution in [3.8, 4) is 0 Å². The van der Waals surface area contributed by atoms with Gasteiger partial charge in [0.05, 0.1) is 23.5 Å². The number of rotatable bonds is 7. The van der Waals surface area contributed by atoms with Gasteiger partial charge in [-0.15, -0.1) is 11.3 Å². The number of carbonyl (C=O) groups excluding carboxylic acids is 2. The first-order valence-electron chi connectivity index (χ1n) is 11.0. The Bertz CT molecular complexity index is 1320. The third kappa shape index (κ3) is 4.98. The predicted molar refractivity (Wildman–Crippen MR) is 129 cm³/mol. The van der Waals surface area contributed by atoms with E-state index >= 15 is 0 Å². The van der Waals surface area contributed by atoms with Gasteiger partial charge in [0.2, 0.25) is 0 Å². The fourth-order valence-corrected chi connectivity index (χ4v) is 4.58. The molecule has 0 aliphatic carbocycles. The van der Waals surface area contributed by atoms with E-state index in [1.165, 1.54) is 28.7 Å². The summed E-state index contributed by atoms with van der Waals surface area (Å²) in [6.45, 7) is 2.31. The molecule has 5 rings (SSSR count). The van der Waals surface area contributed by atoms with Crippen molar-refractivity contribution in [1.29, 1.82) is 0 Å². The van der Waals surface area contributed by atoms with E-state index in [-0.39, 0.29) is 24.1 Å². The zero-order valence-corrected chi connectivity index (χ0v) is 19.2. The molecule has 174 valence electrons. The standard InChI is InChI=1S/C24H24N6O3S/c31-19(13-29-8-7-16-3-1-2-4-17(16)11-29)9-26-23(32)20-14-30-12-18(5-6-22(30)28-20)27-24(33)21-10-25-15-34-21/h1-6,10,12,14-15,19,31H,7-9,11,13H2,(H,26,32)(H,27,33). The van der Waals surface area contributed by atoms with Gasteiger partial charge >= 0.3 is 0 Å². The average Bonchev–Trinajstić information content (AvgIpc) is 3.52. The Hall–Kier alpha value is -3.60. The molecule has 0 saturated heterocycles. The van der Waals surface area contributed by atoms with Crippen LogP contribution in [0, 0.1) is 0 Å². The van der Waals surface area contributed by atoms with Crippen LogP contribution in [0.2, 0.25) is 0 Å². The van der Waals surface area contributed by atoms with Crippen molar-refractivity contribution in [2.24, 2.45) is 0 Å². The van der Waals surface area contributed by atoms with Gasteiger partial charge in [0.15, 0.2) is 0 Å². The molecule has 1 atom stereocenters. The van der Waals surface area contributed by atoms with E-state index < -0.39 is 6.10 Å². The van der Waals surface area contributed by atoms with E-state index in [4.69, 9.17) is 0 Å². The SMILES string of the molecule is O=C(NCC(O)CN1CCc2ccccc2C1)c1cn2cc(NC(=O)c3cncs3)ccc2n1. The first kappa shape index (κ1) is 22.2. The lowest BCUT2D eigenvalue weighted by Crippen LogP contribution is -2.42. The summed E-state index contributed by atoms with van der Waals surface area (Å²) in [5, 5.41) is 16.0. The second kappa shape index (κ2) is 9.72. The molecular weight excluding hydrogens is 452 g/mol. The number of carbonyl (C=O) groups is 2. The summed E-state index contributed by atoms with van der Waals surface area (Å²) in [6.07, 6.45) is 5.09. The van der Waals surface area contributed by atoms with Crippen LogP contribution in [-0.2, 0) is 13.0 Å². The lowest BCUT2D eigenvalue weighted by molar-refractivity contribution is 0.0838.